The lowest BCUT2D eigenvalue weighted by Crippen LogP contribution is -2.03. The number of rotatable bonds is 3. The molecule has 0 aliphatic heterocycles. The van der Waals surface area contributed by atoms with Crippen molar-refractivity contribution in [3.05, 3.63) is 60.4 Å². The number of benzene rings is 1. The van der Waals surface area contributed by atoms with Crippen LogP contribution in [0.5, 0.6) is 0 Å². The van der Waals surface area contributed by atoms with Gasteiger partial charge in [-0.1, -0.05) is 18.2 Å². The number of hydrogen-bond acceptors (Lipinski definition) is 3. The lowest BCUT2D eigenvalue weighted by Gasteiger charge is -2.07. The molecule has 4 nitrogen and oxygen atoms in total. The first kappa shape index (κ1) is 12.4. The van der Waals surface area contributed by atoms with E-state index in [1.54, 1.807) is 18.7 Å². The van der Waals surface area contributed by atoms with Crippen LogP contribution in [0.15, 0.2) is 53.5 Å². The molecule has 0 fully saturated rings. The first-order valence-electron chi connectivity index (χ1n) is 6.66. The minimum atomic E-state index is 0.362. The van der Waals surface area contributed by atoms with Gasteiger partial charge in [0.1, 0.15) is 11.3 Å². The molecule has 0 bridgehead atoms. The molecule has 4 rings (SSSR count). The Morgan fingerprint density at radius 2 is 2.05 bits per heavy atom. The summed E-state index contributed by atoms with van der Waals surface area (Å²) in [5.74, 6) is 1.20. The molecule has 0 N–H and O–H groups in total. The number of fused-ring (bicyclic) bond motifs is 3. The third-order valence-corrected chi connectivity index (χ3v) is 3.84. The van der Waals surface area contributed by atoms with Crippen molar-refractivity contribution in [1.29, 1.82) is 0 Å². The number of pyridine rings is 1. The molecule has 0 spiro atoms. The molecule has 0 aliphatic rings. The summed E-state index contributed by atoms with van der Waals surface area (Å²) in [7, 11) is 0. The second kappa shape index (κ2) is 4.90. The Kier molecular flexibility index (Phi) is 2.89. The Morgan fingerprint density at radius 1 is 1.14 bits per heavy atom. The second-order valence-corrected chi connectivity index (χ2v) is 5.16. The second-order valence-electron chi connectivity index (χ2n) is 4.89. The highest BCUT2D eigenvalue weighted by molar-refractivity contribution is 6.17. The Bertz CT molecular complexity index is 912. The third-order valence-electron chi connectivity index (χ3n) is 3.60. The molecular weight excluding hydrogens is 286 g/mol. The van der Waals surface area contributed by atoms with E-state index >= 15 is 0 Å². The molecule has 3 heterocycles. The predicted molar refractivity (Wildman–Crippen MR) is 82.4 cm³/mol. The number of hydrogen-bond donors (Lipinski definition) is 0. The van der Waals surface area contributed by atoms with Gasteiger partial charge >= 0.3 is 0 Å². The van der Waals surface area contributed by atoms with Gasteiger partial charge in [0.2, 0.25) is 0 Å². The van der Waals surface area contributed by atoms with Crippen LogP contribution in [0.4, 0.5) is 0 Å². The van der Waals surface area contributed by atoms with Gasteiger partial charge in [-0.15, -0.1) is 11.6 Å². The highest BCUT2D eigenvalue weighted by atomic mass is 35.5. The topological polar surface area (TPSA) is 43.9 Å². The largest absolute Gasteiger partial charge is 0.472 e. The number of nitrogens with zero attached hydrogens (tertiary/aromatic N) is 3. The van der Waals surface area contributed by atoms with E-state index in [2.05, 4.69) is 20.6 Å². The Morgan fingerprint density at radius 3 is 2.86 bits per heavy atom. The van der Waals surface area contributed by atoms with E-state index < -0.39 is 0 Å². The monoisotopic (exact) mass is 297 g/mol. The molecule has 0 amide bonds. The Labute approximate surface area is 126 Å². The molecule has 3 aromatic heterocycles. The van der Waals surface area contributed by atoms with Crippen LogP contribution in [0.1, 0.15) is 11.4 Å². The van der Waals surface area contributed by atoms with Crippen molar-refractivity contribution < 1.29 is 4.42 Å². The number of halogens is 1. The van der Waals surface area contributed by atoms with Crippen molar-refractivity contribution >= 4 is 33.5 Å². The van der Waals surface area contributed by atoms with Crippen LogP contribution >= 0.6 is 11.6 Å². The highest BCUT2D eigenvalue weighted by Gasteiger charge is 2.14. The van der Waals surface area contributed by atoms with Crippen molar-refractivity contribution in [2.24, 2.45) is 0 Å². The fourth-order valence-electron chi connectivity index (χ4n) is 2.65. The van der Waals surface area contributed by atoms with Crippen LogP contribution in [0.25, 0.3) is 21.9 Å². The molecule has 0 saturated heterocycles. The molecule has 21 heavy (non-hydrogen) atoms. The van der Waals surface area contributed by atoms with Crippen LogP contribution in [0.2, 0.25) is 0 Å². The fraction of sp³-hybridized carbons (Fsp3) is 0.125. The van der Waals surface area contributed by atoms with E-state index in [4.69, 9.17) is 16.0 Å². The molecule has 0 unspecified atom stereocenters. The Hall–Kier alpha value is -2.33. The van der Waals surface area contributed by atoms with E-state index in [9.17, 15) is 0 Å². The molecule has 0 saturated carbocycles. The van der Waals surface area contributed by atoms with E-state index in [0.29, 0.717) is 12.4 Å². The molecule has 0 radical (unpaired) electrons. The van der Waals surface area contributed by atoms with Gasteiger partial charge in [-0.25, -0.2) is 4.98 Å². The highest BCUT2D eigenvalue weighted by Crippen LogP contribution is 2.26. The summed E-state index contributed by atoms with van der Waals surface area (Å²) >= 11 is 6.07. The van der Waals surface area contributed by atoms with Crippen LogP contribution in [-0.2, 0) is 12.4 Å². The number of alkyl halides is 1. The van der Waals surface area contributed by atoms with Gasteiger partial charge < -0.3 is 8.98 Å². The van der Waals surface area contributed by atoms with Crippen molar-refractivity contribution in [1.82, 2.24) is 14.5 Å². The van der Waals surface area contributed by atoms with E-state index in [1.165, 1.54) is 0 Å². The molecule has 1 aromatic carbocycles. The smallest absolute Gasteiger partial charge is 0.125 e. The van der Waals surface area contributed by atoms with E-state index in [1.807, 2.05) is 24.3 Å². The fourth-order valence-corrected chi connectivity index (χ4v) is 2.85. The minimum absolute atomic E-state index is 0.362. The lowest BCUT2D eigenvalue weighted by atomic mass is 10.2. The maximum atomic E-state index is 6.07. The summed E-state index contributed by atoms with van der Waals surface area (Å²) in [5.41, 5.74) is 3.98. The van der Waals surface area contributed by atoms with Gasteiger partial charge in [-0.3, -0.25) is 4.98 Å². The summed E-state index contributed by atoms with van der Waals surface area (Å²) in [4.78, 5) is 9.06. The van der Waals surface area contributed by atoms with Gasteiger partial charge in [0.25, 0.3) is 0 Å². The molecule has 4 aromatic rings. The quantitative estimate of drug-likeness (QED) is 0.538. The van der Waals surface area contributed by atoms with Crippen LogP contribution < -0.4 is 0 Å². The summed E-state index contributed by atoms with van der Waals surface area (Å²) in [6, 6.07) is 10.0. The molecular formula is C16H12ClN3O. The lowest BCUT2D eigenvalue weighted by molar-refractivity contribution is 0.562. The average molecular weight is 298 g/mol. The van der Waals surface area contributed by atoms with E-state index in [0.717, 1.165) is 33.3 Å². The van der Waals surface area contributed by atoms with Crippen molar-refractivity contribution in [2.75, 3.05) is 0 Å². The zero-order valence-corrected chi connectivity index (χ0v) is 11.9. The third kappa shape index (κ3) is 1.99. The summed E-state index contributed by atoms with van der Waals surface area (Å²) < 4.78 is 7.29. The van der Waals surface area contributed by atoms with Crippen molar-refractivity contribution in [3.8, 4) is 0 Å². The van der Waals surface area contributed by atoms with Crippen LogP contribution in [0, 0.1) is 0 Å². The van der Waals surface area contributed by atoms with Crippen molar-refractivity contribution in [2.45, 2.75) is 12.4 Å². The summed E-state index contributed by atoms with van der Waals surface area (Å²) in [6.07, 6.45) is 5.22. The Balaban J connectivity index is 2.03. The number of imidazole rings is 1. The molecule has 5 heteroatoms. The summed E-state index contributed by atoms with van der Waals surface area (Å²) in [6.45, 7) is 0.684. The summed E-state index contributed by atoms with van der Waals surface area (Å²) in [5, 5.41) is 1.09. The maximum Gasteiger partial charge on any atom is 0.125 e. The van der Waals surface area contributed by atoms with Gasteiger partial charge in [0.15, 0.2) is 0 Å². The van der Waals surface area contributed by atoms with Crippen LogP contribution in [-0.4, -0.2) is 14.5 Å². The molecule has 104 valence electrons. The minimum Gasteiger partial charge on any atom is -0.472 e. The van der Waals surface area contributed by atoms with Crippen molar-refractivity contribution in [3.63, 3.8) is 0 Å². The zero-order chi connectivity index (χ0) is 14.2. The van der Waals surface area contributed by atoms with Gasteiger partial charge in [-0.05, 0) is 12.1 Å². The molecule has 0 atom stereocenters. The standard InChI is InChI=1S/C16H12ClN3O/c17-7-15-19-14-8-18-13-4-2-1-3-12(13)16(14)20(15)9-11-5-6-21-10-11/h1-6,8,10H,7,9H2. The van der Waals surface area contributed by atoms with Gasteiger partial charge in [-0.2, -0.15) is 0 Å². The van der Waals surface area contributed by atoms with Gasteiger partial charge in [0, 0.05) is 10.9 Å². The number of para-hydroxylation sites is 1. The predicted octanol–water partition coefficient (Wildman–Crippen LogP) is 3.96. The first-order valence-corrected chi connectivity index (χ1v) is 7.20. The van der Waals surface area contributed by atoms with E-state index in [-0.39, 0.29) is 0 Å². The van der Waals surface area contributed by atoms with Crippen LogP contribution in [0.3, 0.4) is 0 Å². The maximum absolute atomic E-state index is 6.07. The normalized spacial score (nSPS) is 11.5. The first-order chi connectivity index (χ1) is 10.4. The zero-order valence-electron chi connectivity index (χ0n) is 11.2. The average Bonchev–Trinajstić information content (AvgIpc) is 3.15. The number of furan rings is 1. The SMILES string of the molecule is ClCc1nc2cnc3ccccc3c2n1Cc1ccoc1. The molecule has 0 aliphatic carbocycles. The van der Waals surface area contributed by atoms with Gasteiger partial charge in [0.05, 0.1) is 42.2 Å². The number of aromatic nitrogens is 3.